The molecule has 0 atom stereocenters. The fraction of sp³-hybridized carbons (Fsp3) is 0.133. The Hall–Kier alpha value is -2.27. The Morgan fingerprint density at radius 1 is 1.20 bits per heavy atom. The fourth-order valence-corrected chi connectivity index (χ4v) is 2.14. The van der Waals surface area contributed by atoms with Crippen LogP contribution in [0.1, 0.15) is 0 Å². The average Bonchev–Trinajstić information content (AvgIpc) is 2.47. The van der Waals surface area contributed by atoms with Crippen LogP contribution in [-0.4, -0.2) is 33.3 Å². The summed E-state index contributed by atoms with van der Waals surface area (Å²) in [5.41, 5.74) is 0.917. The second kappa shape index (κ2) is 6.77. The third-order valence-corrected chi connectivity index (χ3v) is 3.18. The monoisotopic (exact) mass is 284 g/mol. The van der Waals surface area contributed by atoms with E-state index in [-0.39, 0.29) is 0 Å². The zero-order valence-corrected chi connectivity index (χ0v) is 11.9. The lowest BCUT2D eigenvalue weighted by molar-refractivity contribution is 0.522. The zero-order chi connectivity index (χ0) is 14.4. The van der Waals surface area contributed by atoms with Crippen LogP contribution in [0.15, 0.2) is 55.9 Å². The summed E-state index contributed by atoms with van der Waals surface area (Å²) < 4.78 is 0. The SMILES string of the molecule is C=CCN(CC=C)C(=S)Nc1cccc2cnncc12. The van der Waals surface area contributed by atoms with E-state index < -0.39 is 0 Å². The van der Waals surface area contributed by atoms with Crippen molar-refractivity contribution >= 4 is 33.8 Å². The summed E-state index contributed by atoms with van der Waals surface area (Å²) in [4.78, 5) is 1.97. The molecule has 102 valence electrons. The molecule has 4 nitrogen and oxygen atoms in total. The number of nitrogens with one attached hydrogen (secondary N) is 1. The van der Waals surface area contributed by atoms with Gasteiger partial charge in [-0.1, -0.05) is 24.3 Å². The smallest absolute Gasteiger partial charge is 0.174 e. The quantitative estimate of drug-likeness (QED) is 0.675. The number of aromatic nitrogens is 2. The van der Waals surface area contributed by atoms with Gasteiger partial charge < -0.3 is 10.2 Å². The number of thiocarbonyl (C=S) groups is 1. The number of hydrogen-bond acceptors (Lipinski definition) is 3. The highest BCUT2D eigenvalue weighted by Crippen LogP contribution is 2.21. The Morgan fingerprint density at radius 2 is 1.90 bits per heavy atom. The fourth-order valence-electron chi connectivity index (χ4n) is 1.88. The van der Waals surface area contributed by atoms with Crippen LogP contribution in [0.3, 0.4) is 0 Å². The minimum atomic E-state index is 0.633. The Balaban J connectivity index is 2.24. The topological polar surface area (TPSA) is 41.0 Å². The first-order chi connectivity index (χ1) is 9.76. The maximum absolute atomic E-state index is 5.43. The van der Waals surface area contributed by atoms with Gasteiger partial charge in [-0.3, -0.25) is 0 Å². The number of fused-ring (bicyclic) bond motifs is 1. The van der Waals surface area contributed by atoms with Gasteiger partial charge in [0, 0.05) is 29.5 Å². The first-order valence-corrected chi connectivity index (χ1v) is 6.64. The molecule has 0 spiro atoms. The second-order valence-electron chi connectivity index (χ2n) is 4.21. The normalized spacial score (nSPS) is 10.0. The molecule has 20 heavy (non-hydrogen) atoms. The summed E-state index contributed by atoms with van der Waals surface area (Å²) in [5.74, 6) is 0. The van der Waals surface area contributed by atoms with Gasteiger partial charge in [0.2, 0.25) is 0 Å². The number of hydrogen-bond donors (Lipinski definition) is 1. The molecule has 5 heteroatoms. The van der Waals surface area contributed by atoms with Crippen LogP contribution in [0, 0.1) is 0 Å². The van der Waals surface area contributed by atoms with Gasteiger partial charge >= 0.3 is 0 Å². The second-order valence-corrected chi connectivity index (χ2v) is 4.60. The first kappa shape index (κ1) is 14.1. The number of anilines is 1. The highest BCUT2D eigenvalue weighted by molar-refractivity contribution is 7.80. The molecule has 0 bridgehead atoms. The minimum Gasteiger partial charge on any atom is -0.342 e. The molecule has 2 rings (SSSR count). The molecule has 2 aromatic rings. The van der Waals surface area contributed by atoms with Crippen molar-refractivity contribution in [3.05, 3.63) is 55.9 Å². The summed E-state index contributed by atoms with van der Waals surface area (Å²) in [6.07, 6.45) is 7.08. The van der Waals surface area contributed by atoms with Crippen LogP contribution in [0.5, 0.6) is 0 Å². The number of rotatable bonds is 5. The molecule has 0 saturated heterocycles. The average molecular weight is 284 g/mol. The molecule has 1 N–H and O–H groups in total. The third kappa shape index (κ3) is 3.19. The molecular formula is C15H16N4S. The lowest BCUT2D eigenvalue weighted by Crippen LogP contribution is -2.35. The molecule has 1 aromatic carbocycles. The Labute approximate surface area is 123 Å². The van der Waals surface area contributed by atoms with E-state index in [1.54, 1.807) is 12.4 Å². The highest BCUT2D eigenvalue weighted by atomic mass is 32.1. The van der Waals surface area contributed by atoms with Gasteiger partial charge in [0.15, 0.2) is 5.11 Å². The summed E-state index contributed by atoms with van der Waals surface area (Å²) in [5, 5.41) is 13.7. The Bertz CT molecular complexity index is 623. The summed E-state index contributed by atoms with van der Waals surface area (Å²) in [6.45, 7) is 8.82. The van der Waals surface area contributed by atoms with E-state index >= 15 is 0 Å². The predicted octanol–water partition coefficient (Wildman–Crippen LogP) is 3.00. The molecule has 1 heterocycles. The van der Waals surface area contributed by atoms with E-state index in [9.17, 15) is 0 Å². The summed E-state index contributed by atoms with van der Waals surface area (Å²) >= 11 is 5.43. The van der Waals surface area contributed by atoms with Gasteiger partial charge in [-0.2, -0.15) is 10.2 Å². The highest BCUT2D eigenvalue weighted by Gasteiger charge is 2.08. The molecule has 0 radical (unpaired) electrons. The molecule has 0 fully saturated rings. The van der Waals surface area contributed by atoms with Crippen LogP contribution in [0.2, 0.25) is 0 Å². The van der Waals surface area contributed by atoms with Crippen molar-refractivity contribution in [1.82, 2.24) is 15.1 Å². The maximum Gasteiger partial charge on any atom is 0.174 e. The van der Waals surface area contributed by atoms with Crippen molar-refractivity contribution in [2.45, 2.75) is 0 Å². The summed E-state index contributed by atoms with van der Waals surface area (Å²) in [6, 6.07) is 5.92. The third-order valence-electron chi connectivity index (χ3n) is 2.82. The van der Waals surface area contributed by atoms with Crippen LogP contribution >= 0.6 is 12.2 Å². The maximum atomic E-state index is 5.43. The predicted molar refractivity (Wildman–Crippen MR) is 87.7 cm³/mol. The van der Waals surface area contributed by atoms with Crippen molar-refractivity contribution in [3.8, 4) is 0 Å². The first-order valence-electron chi connectivity index (χ1n) is 6.23. The summed E-state index contributed by atoms with van der Waals surface area (Å²) in [7, 11) is 0. The van der Waals surface area contributed by atoms with E-state index in [1.807, 2.05) is 35.3 Å². The van der Waals surface area contributed by atoms with Crippen LogP contribution in [-0.2, 0) is 0 Å². The van der Waals surface area contributed by atoms with Crippen LogP contribution in [0.25, 0.3) is 10.8 Å². The minimum absolute atomic E-state index is 0.633. The Morgan fingerprint density at radius 3 is 2.60 bits per heavy atom. The van der Waals surface area contributed by atoms with Gasteiger partial charge in [0.25, 0.3) is 0 Å². The van der Waals surface area contributed by atoms with E-state index in [1.165, 1.54) is 0 Å². The van der Waals surface area contributed by atoms with Crippen molar-refractivity contribution in [3.63, 3.8) is 0 Å². The van der Waals surface area contributed by atoms with Crippen LogP contribution in [0.4, 0.5) is 5.69 Å². The number of benzene rings is 1. The van der Waals surface area contributed by atoms with Gasteiger partial charge in [0.1, 0.15) is 0 Å². The van der Waals surface area contributed by atoms with E-state index in [0.29, 0.717) is 18.2 Å². The van der Waals surface area contributed by atoms with E-state index in [4.69, 9.17) is 12.2 Å². The van der Waals surface area contributed by atoms with Crippen molar-refractivity contribution in [2.24, 2.45) is 0 Å². The molecule has 1 aromatic heterocycles. The number of nitrogens with zero attached hydrogens (tertiary/aromatic N) is 3. The molecule has 0 aliphatic heterocycles. The van der Waals surface area contributed by atoms with Crippen molar-refractivity contribution in [2.75, 3.05) is 18.4 Å². The zero-order valence-electron chi connectivity index (χ0n) is 11.1. The van der Waals surface area contributed by atoms with Gasteiger partial charge in [0.05, 0.1) is 12.4 Å². The van der Waals surface area contributed by atoms with Crippen molar-refractivity contribution < 1.29 is 0 Å². The van der Waals surface area contributed by atoms with Gasteiger partial charge in [-0.05, 0) is 18.3 Å². The molecule has 0 unspecified atom stereocenters. The van der Waals surface area contributed by atoms with E-state index in [2.05, 4.69) is 28.7 Å². The van der Waals surface area contributed by atoms with Crippen LogP contribution < -0.4 is 5.32 Å². The van der Waals surface area contributed by atoms with E-state index in [0.717, 1.165) is 16.5 Å². The van der Waals surface area contributed by atoms with Crippen molar-refractivity contribution in [1.29, 1.82) is 0 Å². The standard InChI is InChI=1S/C15H16N4S/c1-3-8-19(9-4-2)15(20)18-14-7-5-6-12-10-16-17-11-13(12)14/h3-7,10-11H,1-2,8-9H2,(H,18,20). The van der Waals surface area contributed by atoms with Gasteiger partial charge in [-0.25, -0.2) is 0 Å². The molecule has 0 aliphatic carbocycles. The lowest BCUT2D eigenvalue weighted by atomic mass is 10.2. The molecule has 0 saturated carbocycles. The Kier molecular flexibility index (Phi) is 4.79. The molecule has 0 amide bonds. The molecular weight excluding hydrogens is 268 g/mol. The molecule has 0 aliphatic rings. The lowest BCUT2D eigenvalue weighted by Gasteiger charge is -2.23. The largest absolute Gasteiger partial charge is 0.342 e. The van der Waals surface area contributed by atoms with Gasteiger partial charge in [-0.15, -0.1) is 13.2 Å².